The third-order valence-corrected chi connectivity index (χ3v) is 3.85. The first-order chi connectivity index (χ1) is 14.1. The van der Waals surface area contributed by atoms with Crippen LogP contribution in [-0.4, -0.2) is 38.0 Å². The largest absolute Gasteiger partial charge is 0.490 e. The summed E-state index contributed by atoms with van der Waals surface area (Å²) in [6, 6.07) is 6.94. The maximum atomic E-state index is 12.1. The van der Waals surface area contributed by atoms with E-state index in [4.69, 9.17) is 4.74 Å². The van der Waals surface area contributed by atoms with Crippen LogP contribution in [0.2, 0.25) is 0 Å². The Morgan fingerprint density at radius 2 is 1.79 bits per heavy atom. The van der Waals surface area contributed by atoms with Crippen molar-refractivity contribution in [3.05, 3.63) is 54.3 Å². The Morgan fingerprint density at radius 3 is 2.48 bits per heavy atom. The van der Waals surface area contributed by atoms with Gasteiger partial charge in [-0.15, -0.1) is 0 Å². The molecule has 0 radical (unpaired) electrons. The molecule has 1 aromatic rings. The average molecular weight is 402 g/mol. The summed E-state index contributed by atoms with van der Waals surface area (Å²) in [6.45, 7) is 2.51. The molecule has 7 nitrogen and oxygen atoms in total. The molecular weight excluding hydrogens is 372 g/mol. The van der Waals surface area contributed by atoms with Gasteiger partial charge in [0.05, 0.1) is 7.11 Å². The van der Waals surface area contributed by atoms with Gasteiger partial charge in [0.15, 0.2) is 0 Å². The Hall–Kier alpha value is -3.09. The third kappa shape index (κ3) is 11.4. The highest BCUT2D eigenvalue weighted by atomic mass is 16.5. The van der Waals surface area contributed by atoms with E-state index in [2.05, 4.69) is 28.4 Å². The van der Waals surface area contributed by atoms with E-state index >= 15 is 0 Å². The number of amides is 2. The summed E-state index contributed by atoms with van der Waals surface area (Å²) >= 11 is 0. The molecule has 0 fully saturated rings. The van der Waals surface area contributed by atoms with Gasteiger partial charge in [-0.1, -0.05) is 31.6 Å². The number of nitrogens with one attached hydrogen (secondary N) is 2. The molecule has 0 spiro atoms. The van der Waals surface area contributed by atoms with Crippen LogP contribution < -0.4 is 15.4 Å². The summed E-state index contributed by atoms with van der Waals surface area (Å²) in [4.78, 5) is 34.5. The summed E-state index contributed by atoms with van der Waals surface area (Å²) in [7, 11) is 1.27. The molecule has 0 aliphatic carbocycles. The van der Waals surface area contributed by atoms with E-state index < -0.39 is 5.97 Å². The first kappa shape index (κ1) is 23.9. The summed E-state index contributed by atoms with van der Waals surface area (Å²) < 4.78 is 10.0. The molecule has 0 aliphatic rings. The molecule has 7 heteroatoms. The minimum atomic E-state index is -0.482. The van der Waals surface area contributed by atoms with Gasteiger partial charge in [-0.05, 0) is 43.5 Å². The van der Waals surface area contributed by atoms with Crippen molar-refractivity contribution in [1.82, 2.24) is 10.6 Å². The predicted molar refractivity (Wildman–Crippen MR) is 111 cm³/mol. The molecule has 0 saturated carbocycles. The zero-order valence-corrected chi connectivity index (χ0v) is 17.1. The molecule has 158 valence electrons. The number of carbonyl (C=O) groups excluding carboxylic acids is 3. The minimum absolute atomic E-state index is 0.124. The van der Waals surface area contributed by atoms with Crippen molar-refractivity contribution in [3.63, 3.8) is 0 Å². The lowest BCUT2D eigenvalue weighted by molar-refractivity contribution is -0.141. The van der Waals surface area contributed by atoms with Gasteiger partial charge in [0, 0.05) is 18.2 Å². The molecule has 0 unspecified atom stereocenters. The fourth-order valence-electron chi connectivity index (χ4n) is 2.21. The SMILES string of the molecule is CCC/C=C/COc1ccc(C(=O)N/C=C\CCCC(=O)NCC(=O)OC)cc1. The molecule has 1 aromatic carbocycles. The number of allylic oxidation sites excluding steroid dienone is 2. The Balaban J connectivity index is 2.23. The van der Waals surface area contributed by atoms with Crippen LogP contribution in [0.25, 0.3) is 0 Å². The van der Waals surface area contributed by atoms with Crippen molar-refractivity contribution in [2.45, 2.75) is 39.0 Å². The Labute approximate surface area is 172 Å². The number of carbonyl (C=O) groups is 3. The molecule has 29 heavy (non-hydrogen) atoms. The Bertz CT molecular complexity index is 696. The summed E-state index contributed by atoms with van der Waals surface area (Å²) in [5, 5.41) is 5.16. The molecule has 0 aliphatic heterocycles. The minimum Gasteiger partial charge on any atom is -0.490 e. The standard InChI is InChI=1S/C22H30N2O5/c1-3-4-5-9-16-29-19-13-11-18(12-14-19)22(27)23-15-8-6-7-10-20(25)24-17-21(26)28-2/h5,8-9,11-15H,3-4,6-7,10,16-17H2,1-2H3,(H,23,27)(H,24,25)/b9-5+,15-8-. The van der Waals surface area contributed by atoms with Gasteiger partial charge in [0.2, 0.25) is 5.91 Å². The van der Waals surface area contributed by atoms with Gasteiger partial charge in [0.25, 0.3) is 5.91 Å². The van der Waals surface area contributed by atoms with Crippen LogP contribution in [0.5, 0.6) is 5.75 Å². The zero-order valence-electron chi connectivity index (χ0n) is 17.1. The van der Waals surface area contributed by atoms with E-state index in [1.165, 1.54) is 7.11 Å². The lowest BCUT2D eigenvalue weighted by Gasteiger charge is -2.05. The molecule has 0 aromatic heterocycles. The topological polar surface area (TPSA) is 93.7 Å². The molecule has 0 atom stereocenters. The van der Waals surface area contributed by atoms with Crippen molar-refractivity contribution in [1.29, 1.82) is 0 Å². The highest BCUT2D eigenvalue weighted by Gasteiger charge is 2.05. The predicted octanol–water partition coefficient (Wildman–Crippen LogP) is 3.12. The quantitative estimate of drug-likeness (QED) is 0.300. The highest BCUT2D eigenvalue weighted by molar-refractivity contribution is 5.94. The van der Waals surface area contributed by atoms with Crippen LogP contribution in [-0.2, 0) is 14.3 Å². The van der Waals surface area contributed by atoms with E-state index in [-0.39, 0.29) is 18.4 Å². The van der Waals surface area contributed by atoms with Gasteiger partial charge in [-0.3, -0.25) is 14.4 Å². The van der Waals surface area contributed by atoms with Crippen molar-refractivity contribution in [2.75, 3.05) is 20.3 Å². The van der Waals surface area contributed by atoms with Gasteiger partial charge in [0.1, 0.15) is 18.9 Å². The number of hydrogen-bond donors (Lipinski definition) is 2. The third-order valence-electron chi connectivity index (χ3n) is 3.85. The lowest BCUT2D eigenvalue weighted by Crippen LogP contribution is -2.29. The van der Waals surface area contributed by atoms with E-state index in [0.29, 0.717) is 37.2 Å². The highest BCUT2D eigenvalue weighted by Crippen LogP contribution is 2.12. The molecule has 2 N–H and O–H groups in total. The van der Waals surface area contributed by atoms with Crippen molar-refractivity contribution < 1.29 is 23.9 Å². The van der Waals surface area contributed by atoms with E-state index in [0.717, 1.165) is 12.8 Å². The molecule has 0 heterocycles. The monoisotopic (exact) mass is 402 g/mol. The molecule has 0 saturated heterocycles. The Kier molecular flexibility index (Phi) is 12.3. The van der Waals surface area contributed by atoms with Crippen molar-refractivity contribution in [3.8, 4) is 5.75 Å². The number of methoxy groups -OCH3 is 1. The van der Waals surface area contributed by atoms with Crippen LogP contribution in [0, 0.1) is 0 Å². The number of esters is 1. The van der Waals surface area contributed by atoms with Crippen LogP contribution in [0.3, 0.4) is 0 Å². The lowest BCUT2D eigenvalue weighted by atomic mass is 10.2. The van der Waals surface area contributed by atoms with Crippen molar-refractivity contribution >= 4 is 17.8 Å². The van der Waals surface area contributed by atoms with Gasteiger partial charge < -0.3 is 20.1 Å². The smallest absolute Gasteiger partial charge is 0.325 e. The fourth-order valence-corrected chi connectivity index (χ4v) is 2.21. The summed E-state index contributed by atoms with van der Waals surface area (Å²) in [5.41, 5.74) is 0.533. The second kappa shape index (κ2) is 14.9. The number of unbranched alkanes of at least 4 members (excludes halogenated alkanes) is 2. The van der Waals surface area contributed by atoms with Crippen LogP contribution in [0.15, 0.2) is 48.7 Å². The molecule has 2 amide bonds. The molecule has 0 bridgehead atoms. The van der Waals surface area contributed by atoms with E-state index in [1.54, 1.807) is 36.5 Å². The first-order valence-electron chi connectivity index (χ1n) is 9.74. The van der Waals surface area contributed by atoms with Gasteiger partial charge in [-0.25, -0.2) is 0 Å². The first-order valence-corrected chi connectivity index (χ1v) is 9.74. The van der Waals surface area contributed by atoms with Crippen LogP contribution in [0.1, 0.15) is 49.4 Å². The Morgan fingerprint density at radius 1 is 1.03 bits per heavy atom. The van der Waals surface area contributed by atoms with E-state index in [1.807, 2.05) is 6.08 Å². The summed E-state index contributed by atoms with van der Waals surface area (Å²) in [5.74, 6) is -0.199. The normalized spacial score (nSPS) is 10.8. The van der Waals surface area contributed by atoms with Crippen molar-refractivity contribution in [2.24, 2.45) is 0 Å². The van der Waals surface area contributed by atoms with Crippen LogP contribution in [0.4, 0.5) is 0 Å². The number of benzene rings is 1. The maximum absolute atomic E-state index is 12.1. The fraction of sp³-hybridized carbons (Fsp3) is 0.409. The zero-order chi connectivity index (χ0) is 21.3. The van der Waals surface area contributed by atoms with Gasteiger partial charge in [-0.2, -0.15) is 0 Å². The summed E-state index contributed by atoms with van der Waals surface area (Å²) in [6.07, 6.45) is 11.1. The van der Waals surface area contributed by atoms with Gasteiger partial charge >= 0.3 is 5.97 Å². The van der Waals surface area contributed by atoms with E-state index in [9.17, 15) is 14.4 Å². The van der Waals surface area contributed by atoms with Crippen LogP contribution >= 0.6 is 0 Å². The second-order valence-corrected chi connectivity index (χ2v) is 6.22. The number of ether oxygens (including phenoxy) is 2. The number of hydrogen-bond acceptors (Lipinski definition) is 5. The second-order valence-electron chi connectivity index (χ2n) is 6.22. The average Bonchev–Trinajstić information content (AvgIpc) is 2.74. The number of rotatable bonds is 13. The molecular formula is C22H30N2O5. The molecule has 1 rings (SSSR count). The maximum Gasteiger partial charge on any atom is 0.325 e.